The van der Waals surface area contributed by atoms with Crippen LogP contribution < -0.4 is 16.2 Å². The maximum atomic E-state index is 14.4. The topological polar surface area (TPSA) is 113 Å². The molecule has 1 fully saturated rings. The van der Waals surface area contributed by atoms with Crippen LogP contribution in [0, 0.1) is 5.82 Å². The second-order valence-corrected chi connectivity index (χ2v) is 5.87. The third kappa shape index (κ3) is 3.18. The molecule has 0 spiro atoms. The van der Waals surface area contributed by atoms with Gasteiger partial charge in [0, 0.05) is 12.1 Å². The Hall–Kier alpha value is -3.29. The van der Waals surface area contributed by atoms with Crippen LogP contribution in [0.4, 0.5) is 16.0 Å². The molecule has 25 heavy (non-hydrogen) atoms. The SMILES string of the molecule is Nc1cnc(C2CC2c2ccc(Oc3nccc(N)n3)c(F)c2)cn1. The molecule has 4 rings (SSSR count). The molecule has 0 aliphatic heterocycles. The molecule has 1 aliphatic rings. The van der Waals surface area contributed by atoms with E-state index in [0.29, 0.717) is 5.82 Å². The fraction of sp³-hybridized carbons (Fsp3) is 0.176. The molecule has 1 aliphatic carbocycles. The summed E-state index contributed by atoms with van der Waals surface area (Å²) in [5, 5.41) is 0. The first-order valence-electron chi connectivity index (χ1n) is 7.73. The van der Waals surface area contributed by atoms with Gasteiger partial charge in [-0.05, 0) is 36.1 Å². The smallest absolute Gasteiger partial charge is 0.323 e. The quantitative estimate of drug-likeness (QED) is 0.751. The van der Waals surface area contributed by atoms with Crippen LogP contribution in [0.5, 0.6) is 11.8 Å². The summed E-state index contributed by atoms with van der Waals surface area (Å²) in [7, 11) is 0. The average molecular weight is 338 g/mol. The Morgan fingerprint density at radius 2 is 1.88 bits per heavy atom. The van der Waals surface area contributed by atoms with Gasteiger partial charge in [-0.15, -0.1) is 0 Å². The van der Waals surface area contributed by atoms with Gasteiger partial charge in [-0.2, -0.15) is 4.98 Å². The lowest BCUT2D eigenvalue weighted by atomic mass is 10.1. The number of ether oxygens (including phenoxy) is 1. The van der Waals surface area contributed by atoms with Gasteiger partial charge in [-0.3, -0.25) is 4.98 Å². The fourth-order valence-electron chi connectivity index (χ4n) is 2.76. The number of hydrogen-bond donors (Lipinski definition) is 2. The fourth-order valence-corrected chi connectivity index (χ4v) is 2.76. The van der Waals surface area contributed by atoms with Gasteiger partial charge in [0.1, 0.15) is 11.6 Å². The number of nitrogen functional groups attached to an aromatic ring is 2. The normalized spacial score (nSPS) is 18.8. The van der Waals surface area contributed by atoms with Gasteiger partial charge in [-0.25, -0.2) is 14.4 Å². The molecule has 8 heteroatoms. The molecular formula is C17H15FN6O. The molecule has 0 amide bonds. The van der Waals surface area contributed by atoms with E-state index in [0.717, 1.165) is 17.7 Å². The highest BCUT2D eigenvalue weighted by atomic mass is 19.1. The van der Waals surface area contributed by atoms with E-state index in [4.69, 9.17) is 16.2 Å². The van der Waals surface area contributed by atoms with Gasteiger partial charge in [0.05, 0.1) is 18.1 Å². The molecule has 1 aromatic carbocycles. The van der Waals surface area contributed by atoms with E-state index in [2.05, 4.69) is 19.9 Å². The molecule has 2 unspecified atom stereocenters. The highest BCUT2D eigenvalue weighted by Crippen LogP contribution is 2.54. The van der Waals surface area contributed by atoms with E-state index >= 15 is 0 Å². The van der Waals surface area contributed by atoms with Crippen LogP contribution in [0.25, 0.3) is 0 Å². The van der Waals surface area contributed by atoms with Crippen molar-refractivity contribution in [1.29, 1.82) is 0 Å². The number of aromatic nitrogens is 4. The molecule has 0 radical (unpaired) electrons. The zero-order valence-electron chi connectivity index (χ0n) is 13.1. The molecule has 0 saturated heterocycles. The maximum absolute atomic E-state index is 14.4. The maximum Gasteiger partial charge on any atom is 0.323 e. The highest BCUT2D eigenvalue weighted by molar-refractivity contribution is 5.39. The molecule has 1 saturated carbocycles. The Balaban J connectivity index is 1.50. The molecular weight excluding hydrogens is 323 g/mol. The Kier molecular flexibility index (Phi) is 3.64. The van der Waals surface area contributed by atoms with Gasteiger partial charge in [0.15, 0.2) is 11.6 Å². The number of benzene rings is 1. The zero-order valence-corrected chi connectivity index (χ0v) is 13.1. The van der Waals surface area contributed by atoms with Crippen LogP contribution in [-0.4, -0.2) is 19.9 Å². The predicted octanol–water partition coefficient (Wildman–Crippen LogP) is 2.63. The van der Waals surface area contributed by atoms with Gasteiger partial charge in [0.25, 0.3) is 0 Å². The van der Waals surface area contributed by atoms with Crippen molar-refractivity contribution in [2.24, 2.45) is 0 Å². The van der Waals surface area contributed by atoms with Crippen molar-refractivity contribution in [3.63, 3.8) is 0 Å². The number of nitrogens with zero attached hydrogens (tertiary/aromatic N) is 4. The first-order valence-corrected chi connectivity index (χ1v) is 7.73. The van der Waals surface area contributed by atoms with Crippen LogP contribution in [0.3, 0.4) is 0 Å². The summed E-state index contributed by atoms with van der Waals surface area (Å²) in [6.07, 6.45) is 5.56. The van der Waals surface area contributed by atoms with Crippen molar-refractivity contribution in [2.45, 2.75) is 18.3 Å². The second kappa shape index (κ2) is 5.97. The van der Waals surface area contributed by atoms with Crippen molar-refractivity contribution < 1.29 is 9.13 Å². The summed E-state index contributed by atoms with van der Waals surface area (Å²) in [6.45, 7) is 0. The van der Waals surface area contributed by atoms with Crippen molar-refractivity contribution in [2.75, 3.05) is 11.5 Å². The molecule has 2 aromatic heterocycles. The van der Waals surface area contributed by atoms with Crippen molar-refractivity contribution in [1.82, 2.24) is 19.9 Å². The lowest BCUT2D eigenvalue weighted by Crippen LogP contribution is -1.98. The first-order chi connectivity index (χ1) is 12.1. The zero-order chi connectivity index (χ0) is 17.4. The number of anilines is 2. The second-order valence-electron chi connectivity index (χ2n) is 5.87. The number of halogens is 1. The standard InChI is InChI=1S/C17H15FN6O/c18-12-5-9(10-6-11(10)13-7-23-16(20)8-22-13)1-2-14(12)25-17-21-4-3-15(19)24-17/h1-5,7-8,10-11H,6H2,(H2,20,23)(H2,19,21,24). The molecule has 7 nitrogen and oxygen atoms in total. The minimum atomic E-state index is -0.474. The number of nitrogens with two attached hydrogens (primary N) is 2. The summed E-state index contributed by atoms with van der Waals surface area (Å²) < 4.78 is 19.7. The van der Waals surface area contributed by atoms with E-state index in [9.17, 15) is 4.39 Å². The third-order valence-electron chi connectivity index (χ3n) is 4.10. The van der Waals surface area contributed by atoms with Crippen LogP contribution in [0.15, 0.2) is 42.9 Å². The molecule has 4 N–H and O–H groups in total. The van der Waals surface area contributed by atoms with E-state index in [1.807, 2.05) is 6.07 Å². The van der Waals surface area contributed by atoms with E-state index in [1.54, 1.807) is 12.3 Å². The Morgan fingerprint density at radius 3 is 2.60 bits per heavy atom. The summed E-state index contributed by atoms with van der Waals surface area (Å²) in [5.41, 5.74) is 12.9. The summed E-state index contributed by atoms with van der Waals surface area (Å²) in [4.78, 5) is 16.1. The van der Waals surface area contributed by atoms with Crippen molar-refractivity contribution in [3.8, 4) is 11.8 Å². The van der Waals surface area contributed by atoms with Crippen molar-refractivity contribution in [3.05, 3.63) is 59.9 Å². The van der Waals surface area contributed by atoms with Crippen LogP contribution in [0.2, 0.25) is 0 Å². The number of rotatable bonds is 4. The van der Waals surface area contributed by atoms with E-state index in [-0.39, 0.29) is 29.4 Å². The van der Waals surface area contributed by atoms with Crippen LogP contribution in [-0.2, 0) is 0 Å². The lowest BCUT2D eigenvalue weighted by molar-refractivity contribution is 0.411. The van der Waals surface area contributed by atoms with Gasteiger partial charge in [0.2, 0.25) is 0 Å². The average Bonchev–Trinajstić information content (AvgIpc) is 3.38. The molecule has 0 bridgehead atoms. The minimum absolute atomic E-state index is 0.00750. The lowest BCUT2D eigenvalue weighted by Gasteiger charge is -2.07. The number of hydrogen-bond acceptors (Lipinski definition) is 7. The van der Waals surface area contributed by atoms with Gasteiger partial charge in [-0.1, -0.05) is 6.07 Å². The van der Waals surface area contributed by atoms with E-state index < -0.39 is 5.82 Å². The monoisotopic (exact) mass is 338 g/mol. The summed E-state index contributed by atoms with van der Waals surface area (Å²) >= 11 is 0. The molecule has 126 valence electrons. The highest BCUT2D eigenvalue weighted by Gasteiger charge is 2.41. The Labute approximate surface area is 142 Å². The minimum Gasteiger partial charge on any atom is -0.421 e. The Morgan fingerprint density at radius 1 is 1.00 bits per heavy atom. The largest absolute Gasteiger partial charge is 0.421 e. The first kappa shape index (κ1) is 15.3. The van der Waals surface area contributed by atoms with E-state index in [1.165, 1.54) is 24.5 Å². The van der Waals surface area contributed by atoms with Crippen LogP contribution in [0.1, 0.15) is 29.5 Å². The Bertz CT molecular complexity index is 917. The van der Waals surface area contributed by atoms with Gasteiger partial charge >= 0.3 is 6.01 Å². The predicted molar refractivity (Wildman–Crippen MR) is 89.5 cm³/mol. The molecule has 2 heterocycles. The summed E-state index contributed by atoms with van der Waals surface area (Å²) in [5.74, 6) is 0.669. The molecule has 3 aromatic rings. The summed E-state index contributed by atoms with van der Waals surface area (Å²) in [6, 6.07) is 6.41. The van der Waals surface area contributed by atoms with Crippen LogP contribution >= 0.6 is 0 Å². The van der Waals surface area contributed by atoms with Crippen molar-refractivity contribution >= 4 is 11.6 Å². The van der Waals surface area contributed by atoms with Gasteiger partial charge < -0.3 is 16.2 Å². The third-order valence-corrected chi connectivity index (χ3v) is 4.10. The molecule has 2 atom stereocenters.